The van der Waals surface area contributed by atoms with Crippen LogP contribution in [0, 0.1) is 0 Å². The van der Waals surface area contributed by atoms with Crippen LogP contribution in [0.15, 0.2) is 0 Å². The van der Waals surface area contributed by atoms with Gasteiger partial charge in [-0.1, -0.05) is 44.0 Å². The summed E-state index contributed by atoms with van der Waals surface area (Å²) in [4.78, 5) is 0. The highest BCUT2D eigenvalue weighted by Gasteiger charge is 1.97. The standard InChI is InChI=1S/C8H21N2PS2/c1-3-5-7-9-11(12,13)10-8-6-4-2/h3-8H2,1-2H3,(H3,9,10,12,13)/p-1. The molecule has 0 radical (unpaired) electrons. The fourth-order valence-electron chi connectivity index (χ4n) is 0.862. The number of hydrogen-bond donors (Lipinski definition) is 2. The second-order valence-corrected chi connectivity index (χ2v) is 8.79. The van der Waals surface area contributed by atoms with Gasteiger partial charge in [0.05, 0.1) is 0 Å². The SMILES string of the molecule is CCCCNP(=S)([S-])NCCCC. The average molecular weight is 239 g/mol. The first-order valence-electron chi connectivity index (χ1n) is 4.93. The van der Waals surface area contributed by atoms with Crippen LogP contribution >= 0.6 is 5.54 Å². The van der Waals surface area contributed by atoms with Gasteiger partial charge in [0.25, 0.3) is 0 Å². The molecule has 0 heterocycles. The highest BCUT2D eigenvalue weighted by molar-refractivity contribution is 8.53. The molecule has 0 fully saturated rings. The minimum Gasteiger partial charge on any atom is -0.717 e. The van der Waals surface area contributed by atoms with E-state index in [9.17, 15) is 0 Å². The molecular formula is C8H20N2PS2-. The van der Waals surface area contributed by atoms with Gasteiger partial charge in [0.1, 0.15) is 0 Å². The van der Waals surface area contributed by atoms with Crippen LogP contribution in [0.4, 0.5) is 0 Å². The first-order chi connectivity index (χ1) is 6.12. The lowest BCUT2D eigenvalue weighted by Crippen LogP contribution is -2.22. The van der Waals surface area contributed by atoms with E-state index in [1.807, 2.05) is 0 Å². The quantitative estimate of drug-likeness (QED) is 0.386. The number of unbranched alkanes of at least 4 members (excludes halogenated alkanes) is 2. The molecule has 0 unspecified atom stereocenters. The summed E-state index contributed by atoms with van der Waals surface area (Å²) in [6.45, 7) is 6.24. The van der Waals surface area contributed by atoms with Crippen LogP contribution in [0.25, 0.3) is 0 Å². The van der Waals surface area contributed by atoms with E-state index in [2.05, 4.69) is 24.0 Å². The van der Waals surface area contributed by atoms with Crippen LogP contribution in [0.1, 0.15) is 39.5 Å². The monoisotopic (exact) mass is 239 g/mol. The molecule has 13 heavy (non-hydrogen) atoms. The van der Waals surface area contributed by atoms with Crippen molar-refractivity contribution in [3.05, 3.63) is 0 Å². The van der Waals surface area contributed by atoms with Gasteiger partial charge < -0.3 is 12.2 Å². The fourth-order valence-corrected chi connectivity index (χ4v) is 2.97. The largest absolute Gasteiger partial charge is 0.717 e. The van der Waals surface area contributed by atoms with Crippen LogP contribution in [-0.4, -0.2) is 13.1 Å². The predicted molar refractivity (Wildman–Crippen MR) is 67.5 cm³/mol. The van der Waals surface area contributed by atoms with Crippen molar-refractivity contribution in [3.63, 3.8) is 0 Å². The fraction of sp³-hybridized carbons (Fsp3) is 1.00. The Kier molecular flexibility index (Phi) is 8.83. The van der Waals surface area contributed by atoms with Crippen LogP contribution in [0.3, 0.4) is 0 Å². The average Bonchev–Trinajstić information content (AvgIpc) is 2.05. The normalized spacial score (nSPS) is 11.9. The molecule has 0 aliphatic carbocycles. The lowest BCUT2D eigenvalue weighted by atomic mass is 10.3. The second kappa shape index (κ2) is 8.25. The molecule has 0 aliphatic heterocycles. The zero-order valence-electron chi connectivity index (χ0n) is 8.51. The lowest BCUT2D eigenvalue weighted by Gasteiger charge is -2.31. The van der Waals surface area contributed by atoms with Crippen LogP contribution in [0.5, 0.6) is 0 Å². The van der Waals surface area contributed by atoms with Crippen LogP contribution in [0.2, 0.25) is 0 Å². The Balaban J connectivity index is 3.49. The third kappa shape index (κ3) is 9.23. The van der Waals surface area contributed by atoms with E-state index in [1.165, 1.54) is 12.8 Å². The third-order valence-electron chi connectivity index (χ3n) is 1.70. The molecule has 0 spiro atoms. The van der Waals surface area contributed by atoms with Crippen molar-refractivity contribution >= 4 is 29.6 Å². The maximum Gasteiger partial charge on any atom is -0.000892 e. The van der Waals surface area contributed by atoms with Crippen molar-refractivity contribution in [2.24, 2.45) is 0 Å². The third-order valence-corrected chi connectivity index (χ3v) is 4.53. The van der Waals surface area contributed by atoms with Gasteiger partial charge in [-0.05, 0) is 25.9 Å². The molecule has 0 aromatic heterocycles. The van der Waals surface area contributed by atoms with E-state index in [1.54, 1.807) is 0 Å². The minimum atomic E-state index is -1.84. The van der Waals surface area contributed by atoms with E-state index in [-0.39, 0.29) is 0 Å². The van der Waals surface area contributed by atoms with Gasteiger partial charge in [0, 0.05) is 0 Å². The molecule has 0 rings (SSSR count). The zero-order chi connectivity index (χ0) is 10.2. The predicted octanol–water partition coefficient (Wildman–Crippen LogP) is 2.54. The summed E-state index contributed by atoms with van der Waals surface area (Å²) in [7, 11) is 0. The van der Waals surface area contributed by atoms with E-state index in [4.69, 9.17) is 24.1 Å². The molecule has 0 aromatic carbocycles. The summed E-state index contributed by atoms with van der Waals surface area (Å²) in [5, 5.41) is 6.50. The number of hydrogen-bond acceptors (Lipinski definition) is 2. The van der Waals surface area contributed by atoms with Gasteiger partial charge in [-0.3, -0.25) is 10.2 Å². The topological polar surface area (TPSA) is 24.1 Å². The first kappa shape index (κ1) is 13.9. The van der Waals surface area contributed by atoms with Crippen molar-refractivity contribution < 1.29 is 0 Å². The minimum absolute atomic E-state index is 0.955. The van der Waals surface area contributed by atoms with Crippen molar-refractivity contribution in [1.82, 2.24) is 10.2 Å². The summed E-state index contributed by atoms with van der Waals surface area (Å²) in [5.74, 6) is 0. The molecule has 0 saturated heterocycles. The van der Waals surface area contributed by atoms with Gasteiger partial charge in [0.2, 0.25) is 0 Å². The first-order valence-corrected chi connectivity index (χ1v) is 8.75. The van der Waals surface area contributed by atoms with Crippen LogP contribution < -0.4 is 10.2 Å². The van der Waals surface area contributed by atoms with E-state index in [0.717, 1.165) is 25.9 Å². The maximum absolute atomic E-state index is 5.27. The molecule has 80 valence electrons. The number of rotatable bonds is 8. The number of nitrogens with one attached hydrogen (secondary N) is 2. The van der Waals surface area contributed by atoms with E-state index in [0.29, 0.717) is 0 Å². The van der Waals surface area contributed by atoms with Gasteiger partial charge >= 0.3 is 0 Å². The molecule has 0 bridgehead atoms. The molecule has 2 N–H and O–H groups in total. The van der Waals surface area contributed by atoms with Crippen molar-refractivity contribution in [1.29, 1.82) is 0 Å². The molecule has 0 saturated carbocycles. The Hall–Kier alpha value is 0.920. The molecule has 5 heteroatoms. The van der Waals surface area contributed by atoms with Crippen LogP contribution in [-0.2, 0) is 24.1 Å². The Bertz CT molecular complexity index is 150. The second-order valence-electron chi connectivity index (χ2n) is 3.07. The van der Waals surface area contributed by atoms with Gasteiger partial charge in [0.15, 0.2) is 0 Å². The lowest BCUT2D eigenvalue weighted by molar-refractivity contribution is 0.746. The van der Waals surface area contributed by atoms with Crippen molar-refractivity contribution in [3.8, 4) is 0 Å². The molecule has 2 nitrogen and oxygen atoms in total. The van der Waals surface area contributed by atoms with Crippen molar-refractivity contribution in [2.75, 3.05) is 13.1 Å². The Morgan fingerprint density at radius 1 is 1.08 bits per heavy atom. The molecule has 0 aliphatic rings. The zero-order valence-corrected chi connectivity index (χ0v) is 11.0. The van der Waals surface area contributed by atoms with Crippen molar-refractivity contribution in [2.45, 2.75) is 39.5 Å². The highest BCUT2D eigenvalue weighted by atomic mass is 32.9. The molecular weight excluding hydrogens is 219 g/mol. The molecule has 0 aromatic rings. The van der Waals surface area contributed by atoms with Gasteiger partial charge in [-0.2, -0.15) is 0 Å². The summed E-state index contributed by atoms with van der Waals surface area (Å²) in [6, 6.07) is 0. The summed E-state index contributed by atoms with van der Waals surface area (Å²) in [6.07, 6.45) is 4.69. The van der Waals surface area contributed by atoms with E-state index >= 15 is 0 Å². The molecule has 0 atom stereocenters. The smallest absolute Gasteiger partial charge is 0.000892 e. The summed E-state index contributed by atoms with van der Waals surface area (Å²) >= 11 is 10.5. The molecule has 0 amide bonds. The highest BCUT2D eigenvalue weighted by Crippen LogP contribution is 2.32. The Morgan fingerprint density at radius 3 is 1.77 bits per heavy atom. The maximum atomic E-state index is 5.27. The van der Waals surface area contributed by atoms with Gasteiger partial charge in [-0.15, -0.1) is 0 Å². The van der Waals surface area contributed by atoms with E-state index < -0.39 is 5.54 Å². The Labute approximate surface area is 92.5 Å². The Morgan fingerprint density at radius 2 is 1.46 bits per heavy atom. The summed E-state index contributed by atoms with van der Waals surface area (Å²) in [5.41, 5.74) is -1.84. The van der Waals surface area contributed by atoms with Gasteiger partial charge in [-0.25, -0.2) is 0 Å². The summed E-state index contributed by atoms with van der Waals surface area (Å²) < 4.78 is 0.